The van der Waals surface area contributed by atoms with Gasteiger partial charge in [-0.2, -0.15) is 0 Å². The molecular formula is C16H20N2O7S. The fraction of sp³-hybridized carbons (Fsp3) is 0.500. The Bertz CT molecular complexity index is 955. The van der Waals surface area contributed by atoms with Crippen LogP contribution in [0.15, 0.2) is 32.3 Å². The fourth-order valence-corrected chi connectivity index (χ4v) is 3.87. The number of nitrogens with zero attached hydrogens (tertiary/aromatic N) is 1. The van der Waals surface area contributed by atoms with E-state index in [1.54, 1.807) is 6.92 Å². The zero-order valence-corrected chi connectivity index (χ0v) is 15.1. The summed E-state index contributed by atoms with van der Waals surface area (Å²) in [6.07, 6.45) is 1.60. The monoisotopic (exact) mass is 384 g/mol. The van der Waals surface area contributed by atoms with Crippen LogP contribution in [0.1, 0.15) is 19.8 Å². The molecule has 9 nitrogen and oxygen atoms in total. The Balaban J connectivity index is 1.82. The maximum Gasteiger partial charge on any atom is 0.420 e. The summed E-state index contributed by atoms with van der Waals surface area (Å²) in [7, 11) is -3.77. The molecule has 0 aliphatic carbocycles. The minimum atomic E-state index is -3.77. The quantitative estimate of drug-likeness (QED) is 0.695. The van der Waals surface area contributed by atoms with Gasteiger partial charge in [-0.25, -0.2) is 17.9 Å². The molecule has 1 saturated heterocycles. The molecule has 0 amide bonds. The second-order valence-corrected chi connectivity index (χ2v) is 7.64. The SMILES string of the molecule is CCOC(=O)Cn1c(=O)oc2cc(S(=O)(=O)NC[C@@H]3CCCO3)ccc21. The molecule has 1 aliphatic rings. The van der Waals surface area contributed by atoms with Gasteiger partial charge in [0, 0.05) is 19.2 Å². The van der Waals surface area contributed by atoms with Crippen molar-refractivity contribution in [1.29, 1.82) is 0 Å². The zero-order chi connectivity index (χ0) is 18.7. The average molecular weight is 384 g/mol. The van der Waals surface area contributed by atoms with E-state index in [0.29, 0.717) is 12.1 Å². The Labute approximate surface area is 149 Å². The van der Waals surface area contributed by atoms with Gasteiger partial charge in [0.1, 0.15) is 6.54 Å². The normalized spacial score (nSPS) is 17.7. The highest BCUT2D eigenvalue weighted by atomic mass is 32.2. The summed E-state index contributed by atoms with van der Waals surface area (Å²) < 4.78 is 43.7. The summed E-state index contributed by atoms with van der Waals surface area (Å²) in [6, 6.07) is 4.05. The van der Waals surface area contributed by atoms with Crippen molar-refractivity contribution in [2.45, 2.75) is 37.3 Å². The first-order chi connectivity index (χ1) is 12.4. The van der Waals surface area contributed by atoms with Crippen LogP contribution in [0, 0.1) is 0 Å². The molecule has 1 N–H and O–H groups in total. The minimum absolute atomic E-state index is 0.0277. The van der Waals surface area contributed by atoms with Crippen LogP contribution < -0.4 is 10.5 Å². The van der Waals surface area contributed by atoms with Gasteiger partial charge in [0.2, 0.25) is 10.0 Å². The lowest BCUT2D eigenvalue weighted by Crippen LogP contribution is -2.31. The van der Waals surface area contributed by atoms with Gasteiger partial charge in [-0.3, -0.25) is 9.36 Å². The number of carbonyl (C=O) groups excluding carboxylic acids is 1. The predicted octanol–water partition coefficient (Wildman–Crippen LogP) is 0.615. The van der Waals surface area contributed by atoms with E-state index in [1.807, 2.05) is 0 Å². The summed E-state index contributed by atoms with van der Waals surface area (Å²) >= 11 is 0. The molecule has 1 atom stereocenters. The number of rotatable bonds is 7. The van der Waals surface area contributed by atoms with Crippen LogP contribution >= 0.6 is 0 Å². The van der Waals surface area contributed by atoms with Crippen LogP contribution in [0.5, 0.6) is 0 Å². The van der Waals surface area contributed by atoms with Gasteiger partial charge in [0.05, 0.1) is 23.1 Å². The van der Waals surface area contributed by atoms with E-state index < -0.39 is 21.7 Å². The van der Waals surface area contributed by atoms with E-state index in [-0.39, 0.29) is 36.3 Å². The number of esters is 1. The Kier molecular flexibility index (Phi) is 5.44. The molecule has 2 heterocycles. The van der Waals surface area contributed by atoms with Gasteiger partial charge in [0.25, 0.3) is 0 Å². The van der Waals surface area contributed by atoms with Gasteiger partial charge in [-0.05, 0) is 31.9 Å². The summed E-state index contributed by atoms with van der Waals surface area (Å²) in [5.41, 5.74) is 0.403. The van der Waals surface area contributed by atoms with Crippen molar-refractivity contribution in [3.8, 4) is 0 Å². The minimum Gasteiger partial charge on any atom is -0.465 e. The van der Waals surface area contributed by atoms with Gasteiger partial charge >= 0.3 is 11.7 Å². The van der Waals surface area contributed by atoms with Crippen LogP contribution in [0.3, 0.4) is 0 Å². The highest BCUT2D eigenvalue weighted by Gasteiger charge is 2.22. The van der Waals surface area contributed by atoms with Crippen LogP contribution in [-0.4, -0.2) is 44.8 Å². The number of hydrogen-bond donors (Lipinski definition) is 1. The van der Waals surface area contributed by atoms with Crippen molar-refractivity contribution in [3.05, 3.63) is 28.7 Å². The van der Waals surface area contributed by atoms with Gasteiger partial charge in [0.15, 0.2) is 5.58 Å². The molecule has 10 heteroatoms. The van der Waals surface area contributed by atoms with Gasteiger partial charge < -0.3 is 13.9 Å². The molecule has 0 radical (unpaired) electrons. The van der Waals surface area contributed by atoms with Gasteiger partial charge in [-0.15, -0.1) is 0 Å². The average Bonchev–Trinajstić information content (AvgIpc) is 3.21. The Morgan fingerprint density at radius 2 is 2.23 bits per heavy atom. The Morgan fingerprint density at radius 1 is 1.42 bits per heavy atom. The first-order valence-electron chi connectivity index (χ1n) is 8.31. The largest absolute Gasteiger partial charge is 0.465 e. The molecule has 0 unspecified atom stereocenters. The lowest BCUT2D eigenvalue weighted by atomic mass is 10.2. The number of benzene rings is 1. The van der Waals surface area contributed by atoms with Crippen LogP contribution in [-0.2, 0) is 30.8 Å². The van der Waals surface area contributed by atoms with Crippen molar-refractivity contribution in [2.75, 3.05) is 19.8 Å². The Morgan fingerprint density at radius 3 is 2.92 bits per heavy atom. The molecule has 0 bridgehead atoms. The zero-order valence-electron chi connectivity index (χ0n) is 14.3. The third-order valence-electron chi connectivity index (χ3n) is 4.07. The van der Waals surface area contributed by atoms with Crippen molar-refractivity contribution in [2.24, 2.45) is 0 Å². The number of hydrogen-bond acceptors (Lipinski definition) is 7. The molecule has 0 spiro atoms. The first kappa shape index (κ1) is 18.6. The molecule has 3 rings (SSSR count). The van der Waals surface area contributed by atoms with Crippen molar-refractivity contribution in [3.63, 3.8) is 0 Å². The van der Waals surface area contributed by atoms with E-state index in [1.165, 1.54) is 18.2 Å². The van der Waals surface area contributed by atoms with Crippen molar-refractivity contribution in [1.82, 2.24) is 9.29 Å². The van der Waals surface area contributed by atoms with Gasteiger partial charge in [-0.1, -0.05) is 0 Å². The molecule has 142 valence electrons. The number of aromatic nitrogens is 1. The van der Waals surface area contributed by atoms with E-state index >= 15 is 0 Å². The number of oxazole rings is 1. The highest BCUT2D eigenvalue weighted by Crippen LogP contribution is 2.19. The number of nitrogens with one attached hydrogen (secondary N) is 1. The lowest BCUT2D eigenvalue weighted by Gasteiger charge is -2.11. The van der Waals surface area contributed by atoms with E-state index in [0.717, 1.165) is 17.4 Å². The molecule has 1 aliphatic heterocycles. The smallest absolute Gasteiger partial charge is 0.420 e. The summed E-state index contributed by atoms with van der Waals surface area (Å²) in [5.74, 6) is -1.33. The number of sulfonamides is 1. The van der Waals surface area contributed by atoms with E-state index in [4.69, 9.17) is 13.9 Å². The van der Waals surface area contributed by atoms with Crippen LogP contribution in [0.25, 0.3) is 11.1 Å². The van der Waals surface area contributed by atoms with Crippen molar-refractivity contribution >= 4 is 27.1 Å². The number of ether oxygens (including phenoxy) is 2. The molecule has 1 aromatic heterocycles. The Hall–Kier alpha value is -2.17. The standard InChI is InChI=1S/C16H20N2O7S/c1-2-23-15(19)10-18-13-6-5-12(8-14(13)25-16(18)20)26(21,22)17-9-11-4-3-7-24-11/h5-6,8,11,17H,2-4,7,9-10H2,1H3/t11-/m0/s1. The van der Waals surface area contributed by atoms with Crippen LogP contribution in [0.4, 0.5) is 0 Å². The summed E-state index contributed by atoms with van der Waals surface area (Å²) in [4.78, 5) is 23.5. The predicted molar refractivity (Wildman–Crippen MR) is 91.3 cm³/mol. The molecule has 1 fully saturated rings. The second-order valence-electron chi connectivity index (χ2n) is 5.88. The number of fused-ring (bicyclic) bond motifs is 1. The van der Waals surface area contributed by atoms with Crippen LogP contribution in [0.2, 0.25) is 0 Å². The first-order valence-corrected chi connectivity index (χ1v) is 9.79. The number of carbonyl (C=O) groups is 1. The third kappa shape index (κ3) is 3.97. The van der Waals surface area contributed by atoms with E-state index in [9.17, 15) is 18.0 Å². The molecule has 2 aromatic rings. The summed E-state index contributed by atoms with van der Waals surface area (Å²) in [5, 5.41) is 0. The second kappa shape index (κ2) is 7.60. The maximum absolute atomic E-state index is 12.4. The highest BCUT2D eigenvalue weighted by molar-refractivity contribution is 7.89. The molecule has 1 aromatic carbocycles. The third-order valence-corrected chi connectivity index (χ3v) is 5.49. The maximum atomic E-state index is 12.4. The molecule has 0 saturated carbocycles. The summed E-state index contributed by atoms with van der Waals surface area (Å²) in [6.45, 7) is 2.38. The fourth-order valence-electron chi connectivity index (χ4n) is 2.79. The van der Waals surface area contributed by atoms with Crippen molar-refractivity contribution < 1.29 is 27.1 Å². The van der Waals surface area contributed by atoms with E-state index in [2.05, 4.69) is 4.72 Å². The topological polar surface area (TPSA) is 117 Å². The molecule has 26 heavy (non-hydrogen) atoms. The lowest BCUT2D eigenvalue weighted by molar-refractivity contribution is -0.143. The molecular weight excluding hydrogens is 364 g/mol.